The second kappa shape index (κ2) is 10.1. The molecule has 0 spiro atoms. The molecule has 0 saturated heterocycles. The first-order chi connectivity index (χ1) is 15.7. The maximum absolute atomic E-state index is 2.75. The van der Waals surface area contributed by atoms with Crippen molar-refractivity contribution in [2.75, 3.05) is 0 Å². The Bertz CT molecular complexity index is 970. The van der Waals surface area contributed by atoms with Crippen molar-refractivity contribution < 1.29 is 0 Å². The van der Waals surface area contributed by atoms with Crippen LogP contribution in [-0.2, 0) is 0 Å². The third-order valence-electron chi connectivity index (χ3n) is 9.54. The van der Waals surface area contributed by atoms with Crippen molar-refractivity contribution in [1.29, 1.82) is 0 Å². The first-order valence-electron chi connectivity index (χ1n) is 13.6. The van der Waals surface area contributed by atoms with Crippen LogP contribution in [0.5, 0.6) is 0 Å². The summed E-state index contributed by atoms with van der Waals surface area (Å²) in [6.07, 6.45) is 0. The predicted molar refractivity (Wildman–Crippen MR) is 166 cm³/mol. The third kappa shape index (κ3) is 4.02. The van der Waals surface area contributed by atoms with E-state index in [9.17, 15) is 0 Å². The molecule has 0 nitrogen and oxygen atoms in total. The van der Waals surface area contributed by atoms with Crippen molar-refractivity contribution in [3.8, 4) is 0 Å². The molecule has 0 N–H and O–H groups in total. The van der Waals surface area contributed by atoms with E-state index in [0.717, 1.165) is 33.2 Å². The molecule has 0 bridgehead atoms. The van der Waals surface area contributed by atoms with E-state index < -0.39 is 16.1 Å². The van der Waals surface area contributed by atoms with Crippen molar-refractivity contribution in [3.05, 3.63) is 23.3 Å². The molecule has 1 aromatic carbocycles. The average molecular weight is 625 g/mol. The zero-order valence-corrected chi connectivity index (χ0v) is 29.9. The van der Waals surface area contributed by atoms with Gasteiger partial charge in [-0.25, -0.2) is 0 Å². The van der Waals surface area contributed by atoms with Gasteiger partial charge in [0.25, 0.3) is 0 Å². The van der Waals surface area contributed by atoms with Crippen LogP contribution in [0.4, 0.5) is 0 Å². The molecule has 0 radical (unpaired) electrons. The Morgan fingerprint density at radius 3 is 0.912 bits per heavy atom. The van der Waals surface area contributed by atoms with E-state index in [2.05, 4.69) is 109 Å². The van der Waals surface area contributed by atoms with Gasteiger partial charge in [-0.2, -0.15) is 0 Å². The molecule has 3 aromatic rings. The van der Waals surface area contributed by atoms with Gasteiger partial charge in [0.05, 0.1) is 0 Å². The van der Waals surface area contributed by atoms with E-state index in [1.807, 2.05) is 8.12 Å². The molecule has 0 aliphatic carbocycles. The summed E-state index contributed by atoms with van der Waals surface area (Å²) in [7, 11) is -3.14. The van der Waals surface area contributed by atoms with Crippen LogP contribution >= 0.6 is 0 Å². The third-order valence-corrected chi connectivity index (χ3v) is 33.0. The summed E-state index contributed by atoms with van der Waals surface area (Å²) in [5.41, 5.74) is 8.07. The summed E-state index contributed by atoms with van der Waals surface area (Å²) in [4.78, 5) is 0. The van der Waals surface area contributed by atoms with E-state index in [-0.39, 0.29) is 0 Å². The summed E-state index contributed by atoms with van der Waals surface area (Å²) in [6, 6.07) is 5.49. The summed E-state index contributed by atoms with van der Waals surface area (Å²) < 4.78 is 7.27. The van der Waals surface area contributed by atoms with Crippen LogP contribution < -0.4 is 8.12 Å². The Hall–Kier alpha value is 0.173. The molecule has 2 heterocycles. The number of fused-ring (bicyclic) bond motifs is 2. The number of aryl methyl sites for hydroxylation is 2. The monoisotopic (exact) mass is 626 g/mol. The maximum atomic E-state index is 2.75. The summed E-state index contributed by atoms with van der Waals surface area (Å²) in [6.45, 7) is 35.2. The molecule has 0 aliphatic rings. The summed E-state index contributed by atoms with van der Waals surface area (Å²) >= 11 is 0.993. The van der Waals surface area contributed by atoms with E-state index in [1.165, 1.54) is 0 Å². The first-order valence-corrected chi connectivity index (χ1v) is 21.5. The van der Waals surface area contributed by atoms with Crippen LogP contribution in [0.3, 0.4) is 0 Å². The molecule has 0 saturated carbocycles. The van der Waals surface area contributed by atoms with Crippen molar-refractivity contribution in [3.63, 3.8) is 0 Å². The molecule has 0 amide bonds. The van der Waals surface area contributed by atoms with Crippen LogP contribution in [0.15, 0.2) is 12.1 Å². The minimum absolute atomic E-state index is 0.497. The number of benzene rings is 1. The van der Waals surface area contributed by atoms with Gasteiger partial charge in [0.2, 0.25) is 0 Å². The Morgan fingerprint density at radius 2 is 0.706 bits per heavy atom. The SMILES string of the molecule is Cc1c2cc([Si](C(C)C)(C(C)C)C(C)C)[se]c2c(C)c2cc([Si](C(C)C)(C(C)C)C(C)C)[se]c12. The van der Waals surface area contributed by atoms with Gasteiger partial charge in [0.15, 0.2) is 0 Å². The normalized spacial score (nSPS) is 14.0. The zero-order chi connectivity index (χ0) is 25.9. The van der Waals surface area contributed by atoms with Crippen LogP contribution in [0.25, 0.3) is 19.3 Å². The minimum atomic E-state index is -1.57. The van der Waals surface area contributed by atoms with E-state index in [0.29, 0.717) is 29.0 Å². The van der Waals surface area contributed by atoms with Crippen molar-refractivity contribution in [2.45, 2.75) is 130 Å². The van der Waals surface area contributed by atoms with Gasteiger partial charge in [0.1, 0.15) is 0 Å². The molecule has 0 unspecified atom stereocenters. The fourth-order valence-corrected chi connectivity index (χ4v) is 37.1. The molecular weight excluding hydrogens is 574 g/mol. The molecule has 2 aromatic heterocycles. The topological polar surface area (TPSA) is 0 Å². The van der Waals surface area contributed by atoms with Gasteiger partial charge in [0, 0.05) is 0 Å². The Balaban J connectivity index is 2.37. The number of hydrogen-bond donors (Lipinski definition) is 0. The molecule has 4 heteroatoms. The fourth-order valence-electron chi connectivity index (χ4n) is 8.27. The van der Waals surface area contributed by atoms with Gasteiger partial charge in [-0.15, -0.1) is 0 Å². The fraction of sp³-hybridized carbons (Fsp3) is 0.667. The average Bonchev–Trinajstić information content (AvgIpc) is 3.31. The van der Waals surface area contributed by atoms with Crippen molar-refractivity contribution in [1.82, 2.24) is 0 Å². The van der Waals surface area contributed by atoms with Gasteiger partial charge in [-0.1, -0.05) is 0 Å². The molecule has 0 fully saturated rings. The van der Waals surface area contributed by atoms with Crippen LogP contribution in [0.1, 0.15) is 94.2 Å². The van der Waals surface area contributed by atoms with E-state index in [4.69, 9.17) is 0 Å². The summed E-state index contributed by atoms with van der Waals surface area (Å²) in [5.74, 6) is 0. The zero-order valence-electron chi connectivity index (χ0n) is 24.4. The molecule has 0 aliphatic heterocycles. The standard InChI is InChI=1S/C30H50Se2Si2/c1-17(2)33(18(3)4,19(5)6)27-15-25-23(13)30-26(24(14)29(25)31-27)16-28(32-30)34(20(7)8,21(9)10)22(11)12/h15-22H,1-14H3. The Kier molecular flexibility index (Phi) is 8.58. The summed E-state index contributed by atoms with van der Waals surface area (Å²) in [5, 5.41) is 3.29. The number of hydrogen-bond acceptors (Lipinski definition) is 0. The van der Waals surface area contributed by atoms with E-state index in [1.54, 1.807) is 30.4 Å². The Labute approximate surface area is 224 Å². The molecule has 34 heavy (non-hydrogen) atoms. The van der Waals surface area contributed by atoms with Gasteiger partial charge in [-0.3, -0.25) is 0 Å². The molecule has 3 rings (SSSR count). The molecular formula is C30H50Se2Si2. The number of rotatable bonds is 8. The van der Waals surface area contributed by atoms with Crippen LogP contribution in [-0.4, -0.2) is 45.2 Å². The van der Waals surface area contributed by atoms with Gasteiger partial charge < -0.3 is 0 Å². The quantitative estimate of drug-likeness (QED) is 0.221. The second-order valence-corrected chi connectivity index (χ2v) is 30.5. The van der Waals surface area contributed by atoms with Crippen molar-refractivity contribution >= 4 is 72.6 Å². The molecule has 190 valence electrons. The van der Waals surface area contributed by atoms with Crippen LogP contribution in [0, 0.1) is 13.8 Å². The molecule has 0 atom stereocenters. The first kappa shape index (κ1) is 28.7. The van der Waals surface area contributed by atoms with Gasteiger partial charge >= 0.3 is 226 Å². The van der Waals surface area contributed by atoms with Crippen LogP contribution in [0.2, 0.25) is 33.2 Å². The van der Waals surface area contributed by atoms with E-state index >= 15 is 0 Å². The van der Waals surface area contributed by atoms with Crippen molar-refractivity contribution in [2.24, 2.45) is 0 Å². The Morgan fingerprint density at radius 1 is 0.471 bits per heavy atom. The predicted octanol–water partition coefficient (Wildman–Crippen LogP) is 8.50. The second-order valence-electron chi connectivity index (χ2n) is 12.8. The van der Waals surface area contributed by atoms with Gasteiger partial charge in [-0.05, 0) is 0 Å².